The number of rotatable bonds is 5. The summed E-state index contributed by atoms with van der Waals surface area (Å²) in [6.45, 7) is 2.13. The Morgan fingerprint density at radius 3 is 2.58 bits per heavy atom. The second-order valence-electron chi connectivity index (χ2n) is 4.10. The van der Waals surface area contributed by atoms with E-state index in [1.807, 2.05) is 6.92 Å². The second kappa shape index (κ2) is 5.79. The minimum absolute atomic E-state index is 0.0205. The summed E-state index contributed by atoms with van der Waals surface area (Å²) in [5.41, 5.74) is 0.788. The highest BCUT2D eigenvalue weighted by Crippen LogP contribution is 2.10. The van der Waals surface area contributed by atoms with Gasteiger partial charge in [-0.05, 0) is 19.1 Å². The molecule has 1 aromatic carbocycles. The van der Waals surface area contributed by atoms with Gasteiger partial charge < -0.3 is 5.32 Å². The summed E-state index contributed by atoms with van der Waals surface area (Å²) in [6, 6.07) is 8.42. The van der Waals surface area contributed by atoms with Crippen molar-refractivity contribution in [3.05, 3.63) is 48.4 Å². The molecule has 0 aliphatic carbocycles. The van der Waals surface area contributed by atoms with Gasteiger partial charge in [0.25, 0.3) is 0 Å². The minimum atomic E-state index is -3.25. The zero-order valence-corrected chi connectivity index (χ0v) is 11.4. The summed E-state index contributed by atoms with van der Waals surface area (Å²) in [5.74, 6) is 0.607. The van der Waals surface area contributed by atoms with E-state index in [9.17, 15) is 8.42 Å². The number of aromatic nitrogens is 2. The molecule has 0 radical (unpaired) electrons. The van der Waals surface area contributed by atoms with Crippen LogP contribution < -0.4 is 5.32 Å². The molecule has 0 unspecified atom stereocenters. The highest BCUT2D eigenvalue weighted by atomic mass is 32.2. The summed E-state index contributed by atoms with van der Waals surface area (Å²) >= 11 is 0. The number of benzene rings is 1. The first-order valence-electron chi connectivity index (χ1n) is 5.88. The first kappa shape index (κ1) is 13.5. The molecule has 0 saturated carbocycles. The van der Waals surface area contributed by atoms with Crippen molar-refractivity contribution in [2.45, 2.75) is 11.8 Å². The van der Waals surface area contributed by atoms with Crippen LogP contribution in [0.25, 0.3) is 0 Å². The molecule has 0 atom stereocenters. The summed E-state index contributed by atoms with van der Waals surface area (Å²) in [4.78, 5) is 8.52. The molecule has 6 heteroatoms. The van der Waals surface area contributed by atoms with Crippen molar-refractivity contribution in [1.82, 2.24) is 9.97 Å². The fourth-order valence-electron chi connectivity index (χ4n) is 1.61. The number of nitrogens with one attached hydrogen (secondary N) is 1. The van der Waals surface area contributed by atoms with Gasteiger partial charge in [-0.1, -0.05) is 18.2 Å². The van der Waals surface area contributed by atoms with E-state index in [0.29, 0.717) is 17.3 Å². The van der Waals surface area contributed by atoms with Gasteiger partial charge in [-0.2, -0.15) is 0 Å². The summed E-state index contributed by atoms with van der Waals surface area (Å²) in [7, 11) is -3.25. The van der Waals surface area contributed by atoms with Crippen LogP contribution in [-0.2, 0) is 9.84 Å². The molecule has 0 aliphatic rings. The van der Waals surface area contributed by atoms with Gasteiger partial charge in [-0.25, -0.2) is 13.4 Å². The molecule has 0 saturated heterocycles. The summed E-state index contributed by atoms with van der Waals surface area (Å²) in [5, 5.41) is 2.96. The van der Waals surface area contributed by atoms with Crippen molar-refractivity contribution in [2.75, 3.05) is 17.6 Å². The third-order valence-electron chi connectivity index (χ3n) is 2.53. The van der Waals surface area contributed by atoms with E-state index in [0.717, 1.165) is 5.69 Å². The fourth-order valence-corrected chi connectivity index (χ4v) is 2.79. The molecule has 2 rings (SSSR count). The van der Waals surface area contributed by atoms with Crippen molar-refractivity contribution < 1.29 is 8.42 Å². The molecule has 0 fully saturated rings. The highest BCUT2D eigenvalue weighted by Gasteiger charge is 2.13. The average Bonchev–Trinajstić information content (AvgIpc) is 2.40. The van der Waals surface area contributed by atoms with Gasteiger partial charge in [-0.15, -0.1) is 0 Å². The van der Waals surface area contributed by atoms with Crippen LogP contribution in [0.2, 0.25) is 0 Å². The molecular formula is C13H15N3O2S. The molecular weight excluding hydrogens is 262 g/mol. The molecule has 0 spiro atoms. The van der Waals surface area contributed by atoms with Crippen LogP contribution in [-0.4, -0.2) is 30.7 Å². The maximum Gasteiger partial charge on any atom is 0.180 e. The first-order chi connectivity index (χ1) is 9.08. The molecule has 0 bridgehead atoms. The molecule has 0 amide bonds. The fraction of sp³-hybridized carbons (Fsp3) is 0.231. The smallest absolute Gasteiger partial charge is 0.180 e. The van der Waals surface area contributed by atoms with Gasteiger partial charge in [-0.3, -0.25) is 4.98 Å². The molecule has 19 heavy (non-hydrogen) atoms. The SMILES string of the molecule is Cc1cncc(NCCS(=O)(=O)c2ccccc2)n1. The van der Waals surface area contributed by atoms with Gasteiger partial charge in [0, 0.05) is 12.7 Å². The van der Waals surface area contributed by atoms with Crippen LogP contribution >= 0.6 is 0 Å². The normalized spacial score (nSPS) is 11.2. The third kappa shape index (κ3) is 3.75. The van der Waals surface area contributed by atoms with Crippen LogP contribution in [0.1, 0.15) is 5.69 Å². The zero-order chi connectivity index (χ0) is 13.7. The van der Waals surface area contributed by atoms with Gasteiger partial charge >= 0.3 is 0 Å². The monoisotopic (exact) mass is 277 g/mol. The number of aryl methyl sites for hydroxylation is 1. The Labute approximate surface area is 112 Å². The molecule has 1 aromatic heterocycles. The Morgan fingerprint density at radius 1 is 1.16 bits per heavy atom. The van der Waals surface area contributed by atoms with Gasteiger partial charge in [0.1, 0.15) is 5.82 Å². The maximum absolute atomic E-state index is 12.0. The van der Waals surface area contributed by atoms with E-state index in [1.165, 1.54) is 0 Å². The largest absolute Gasteiger partial charge is 0.368 e. The van der Waals surface area contributed by atoms with Gasteiger partial charge in [0.2, 0.25) is 0 Å². The number of nitrogens with zero attached hydrogens (tertiary/aromatic N) is 2. The van der Waals surface area contributed by atoms with Crippen molar-refractivity contribution in [3.8, 4) is 0 Å². The Hall–Kier alpha value is -1.95. The topological polar surface area (TPSA) is 72.0 Å². The maximum atomic E-state index is 12.0. The third-order valence-corrected chi connectivity index (χ3v) is 4.27. The predicted molar refractivity (Wildman–Crippen MR) is 73.8 cm³/mol. The number of hydrogen-bond acceptors (Lipinski definition) is 5. The van der Waals surface area contributed by atoms with Crippen LogP contribution in [0, 0.1) is 6.92 Å². The van der Waals surface area contributed by atoms with Gasteiger partial charge in [0.05, 0.1) is 22.5 Å². The van der Waals surface area contributed by atoms with Crippen LogP contribution in [0.4, 0.5) is 5.82 Å². The molecule has 100 valence electrons. The standard InChI is InChI=1S/C13H15N3O2S/c1-11-9-14-10-13(16-11)15-7-8-19(17,18)12-5-3-2-4-6-12/h2-6,9-10H,7-8H2,1H3,(H,15,16). The predicted octanol–water partition coefficient (Wildman–Crippen LogP) is 1.67. The van der Waals surface area contributed by atoms with Gasteiger partial charge in [0.15, 0.2) is 9.84 Å². The van der Waals surface area contributed by atoms with Crippen LogP contribution in [0.3, 0.4) is 0 Å². The molecule has 1 N–H and O–H groups in total. The summed E-state index contributed by atoms with van der Waals surface area (Å²) in [6.07, 6.45) is 3.22. The Balaban J connectivity index is 1.96. The quantitative estimate of drug-likeness (QED) is 0.900. The van der Waals surface area contributed by atoms with Crippen molar-refractivity contribution in [1.29, 1.82) is 0 Å². The van der Waals surface area contributed by atoms with Crippen molar-refractivity contribution in [2.24, 2.45) is 0 Å². The van der Waals surface area contributed by atoms with E-state index in [4.69, 9.17) is 0 Å². The van der Waals surface area contributed by atoms with Crippen molar-refractivity contribution >= 4 is 15.7 Å². The van der Waals surface area contributed by atoms with E-state index in [-0.39, 0.29) is 5.75 Å². The van der Waals surface area contributed by atoms with E-state index >= 15 is 0 Å². The number of hydrogen-bond donors (Lipinski definition) is 1. The van der Waals surface area contributed by atoms with E-state index in [1.54, 1.807) is 42.7 Å². The van der Waals surface area contributed by atoms with Crippen LogP contribution in [0.5, 0.6) is 0 Å². The van der Waals surface area contributed by atoms with E-state index in [2.05, 4.69) is 15.3 Å². The molecule has 5 nitrogen and oxygen atoms in total. The lowest BCUT2D eigenvalue weighted by atomic mass is 10.4. The van der Waals surface area contributed by atoms with Crippen molar-refractivity contribution in [3.63, 3.8) is 0 Å². The molecule has 0 aliphatic heterocycles. The zero-order valence-electron chi connectivity index (χ0n) is 10.6. The number of sulfone groups is 1. The molecule has 1 heterocycles. The lowest BCUT2D eigenvalue weighted by molar-refractivity contribution is 0.596. The van der Waals surface area contributed by atoms with Crippen LogP contribution in [0.15, 0.2) is 47.6 Å². The van der Waals surface area contributed by atoms with E-state index < -0.39 is 9.84 Å². The number of anilines is 1. The summed E-state index contributed by atoms with van der Waals surface area (Å²) < 4.78 is 24.0. The molecule has 2 aromatic rings. The highest BCUT2D eigenvalue weighted by molar-refractivity contribution is 7.91. The Bertz CT molecular complexity index is 642. The Kier molecular flexibility index (Phi) is 4.11. The second-order valence-corrected chi connectivity index (χ2v) is 6.21. The first-order valence-corrected chi connectivity index (χ1v) is 7.53. The minimum Gasteiger partial charge on any atom is -0.368 e. The Morgan fingerprint density at radius 2 is 1.89 bits per heavy atom. The lowest BCUT2D eigenvalue weighted by Crippen LogP contribution is -2.16. The lowest BCUT2D eigenvalue weighted by Gasteiger charge is -2.07. The average molecular weight is 277 g/mol.